The largest absolute Gasteiger partial charge is 0.496 e. The van der Waals surface area contributed by atoms with E-state index in [-0.39, 0.29) is 12.4 Å². The van der Waals surface area contributed by atoms with Crippen LogP contribution in [0.4, 0.5) is 0 Å². The van der Waals surface area contributed by atoms with Crippen LogP contribution in [0, 0.1) is 0 Å². The minimum absolute atomic E-state index is 0.101. The minimum Gasteiger partial charge on any atom is -0.496 e. The van der Waals surface area contributed by atoms with E-state index in [0.717, 1.165) is 34.9 Å². The number of ether oxygens (including phenoxy) is 3. The van der Waals surface area contributed by atoms with Gasteiger partial charge in [0.2, 0.25) is 6.79 Å². The molecule has 0 spiro atoms. The SMILES string of the molecule is COc1cc2c(cc1CN1CCc3nc(-c4cccnc4)[nH]c(=O)c3C1)OCO2. The molecule has 0 fully saturated rings. The van der Waals surface area contributed by atoms with Gasteiger partial charge in [0, 0.05) is 55.6 Å². The maximum atomic E-state index is 12.7. The Kier molecular flexibility index (Phi) is 4.40. The molecular weight excluding hydrogens is 372 g/mol. The van der Waals surface area contributed by atoms with Crippen molar-refractivity contribution in [2.75, 3.05) is 20.4 Å². The molecule has 0 bridgehead atoms. The van der Waals surface area contributed by atoms with E-state index in [1.165, 1.54) is 0 Å². The molecule has 2 aliphatic heterocycles. The van der Waals surface area contributed by atoms with Crippen molar-refractivity contribution < 1.29 is 14.2 Å². The van der Waals surface area contributed by atoms with E-state index in [1.54, 1.807) is 19.5 Å². The number of rotatable bonds is 4. The molecular formula is C21H20N4O4. The van der Waals surface area contributed by atoms with E-state index >= 15 is 0 Å². The fourth-order valence-corrected chi connectivity index (χ4v) is 3.78. The molecule has 3 aromatic rings. The molecule has 29 heavy (non-hydrogen) atoms. The van der Waals surface area contributed by atoms with E-state index in [4.69, 9.17) is 14.2 Å². The second kappa shape index (κ2) is 7.21. The predicted octanol–water partition coefficient (Wildman–Crippen LogP) is 2.13. The normalized spacial score (nSPS) is 15.2. The molecule has 8 nitrogen and oxygen atoms in total. The smallest absolute Gasteiger partial charge is 0.255 e. The number of hydrogen-bond donors (Lipinski definition) is 1. The van der Waals surface area contributed by atoms with E-state index in [1.807, 2.05) is 24.3 Å². The summed E-state index contributed by atoms with van der Waals surface area (Å²) in [5.74, 6) is 2.73. The van der Waals surface area contributed by atoms with E-state index in [0.29, 0.717) is 36.6 Å². The van der Waals surface area contributed by atoms with Gasteiger partial charge in [-0.1, -0.05) is 0 Å². The third-order valence-corrected chi connectivity index (χ3v) is 5.25. The van der Waals surface area contributed by atoms with Gasteiger partial charge in [-0.25, -0.2) is 4.98 Å². The Labute approximate surface area is 167 Å². The number of nitrogens with zero attached hydrogens (tertiary/aromatic N) is 3. The standard InChI is InChI=1S/C21H20N4O4/c1-27-17-8-19-18(28-12-29-19)7-14(17)10-25-6-4-16-15(11-25)21(26)24-20(23-16)13-3-2-5-22-9-13/h2-3,5,7-9H,4,6,10-12H2,1H3,(H,23,24,26). The first-order valence-corrected chi connectivity index (χ1v) is 9.42. The zero-order chi connectivity index (χ0) is 19.8. The number of fused-ring (bicyclic) bond motifs is 2. The number of benzene rings is 1. The lowest BCUT2D eigenvalue weighted by Crippen LogP contribution is -2.35. The number of pyridine rings is 1. The van der Waals surface area contributed by atoms with Gasteiger partial charge in [-0.3, -0.25) is 14.7 Å². The molecule has 5 rings (SSSR count). The number of nitrogens with one attached hydrogen (secondary N) is 1. The van der Waals surface area contributed by atoms with Gasteiger partial charge in [0.1, 0.15) is 11.6 Å². The molecule has 1 aromatic carbocycles. The summed E-state index contributed by atoms with van der Waals surface area (Å²) in [4.78, 5) is 26.6. The zero-order valence-electron chi connectivity index (χ0n) is 16.0. The number of methoxy groups -OCH3 is 1. The number of hydrogen-bond acceptors (Lipinski definition) is 7. The Hall–Kier alpha value is -3.39. The number of aromatic amines is 1. The Morgan fingerprint density at radius 1 is 1.28 bits per heavy atom. The van der Waals surface area contributed by atoms with E-state index in [2.05, 4.69) is 19.9 Å². The quantitative estimate of drug-likeness (QED) is 0.727. The molecule has 0 aliphatic carbocycles. The van der Waals surface area contributed by atoms with Crippen molar-refractivity contribution in [1.82, 2.24) is 19.9 Å². The summed E-state index contributed by atoms with van der Waals surface area (Å²) in [6, 6.07) is 7.52. The minimum atomic E-state index is -0.101. The first-order valence-electron chi connectivity index (χ1n) is 9.42. The molecule has 4 heterocycles. The fourth-order valence-electron chi connectivity index (χ4n) is 3.78. The molecule has 2 aromatic heterocycles. The van der Waals surface area contributed by atoms with Crippen LogP contribution in [0.1, 0.15) is 16.8 Å². The van der Waals surface area contributed by atoms with Crippen LogP contribution in [0.2, 0.25) is 0 Å². The van der Waals surface area contributed by atoms with Crippen molar-refractivity contribution in [3.8, 4) is 28.6 Å². The van der Waals surface area contributed by atoms with Gasteiger partial charge in [-0.05, 0) is 18.2 Å². The highest BCUT2D eigenvalue weighted by atomic mass is 16.7. The van der Waals surface area contributed by atoms with Gasteiger partial charge in [0.05, 0.1) is 18.4 Å². The zero-order valence-corrected chi connectivity index (χ0v) is 16.0. The Morgan fingerprint density at radius 3 is 2.93 bits per heavy atom. The highest BCUT2D eigenvalue weighted by Gasteiger charge is 2.24. The average Bonchev–Trinajstić information content (AvgIpc) is 3.21. The molecule has 0 saturated heterocycles. The Bertz CT molecular complexity index is 1110. The van der Waals surface area contributed by atoms with Crippen LogP contribution in [0.5, 0.6) is 17.2 Å². The summed E-state index contributed by atoms with van der Waals surface area (Å²) in [6.45, 7) is 2.19. The monoisotopic (exact) mass is 392 g/mol. The molecule has 0 unspecified atom stereocenters. The lowest BCUT2D eigenvalue weighted by molar-refractivity contribution is 0.173. The van der Waals surface area contributed by atoms with Crippen LogP contribution in [-0.4, -0.2) is 40.3 Å². The Balaban J connectivity index is 1.40. The summed E-state index contributed by atoms with van der Waals surface area (Å²) in [6.07, 6.45) is 4.10. The molecule has 0 atom stereocenters. The van der Waals surface area contributed by atoms with Gasteiger partial charge in [0.25, 0.3) is 5.56 Å². The molecule has 1 N–H and O–H groups in total. The van der Waals surface area contributed by atoms with Gasteiger partial charge < -0.3 is 19.2 Å². The van der Waals surface area contributed by atoms with E-state index < -0.39 is 0 Å². The van der Waals surface area contributed by atoms with Crippen LogP contribution in [0.25, 0.3) is 11.4 Å². The van der Waals surface area contributed by atoms with Crippen LogP contribution >= 0.6 is 0 Å². The summed E-state index contributed by atoms with van der Waals surface area (Å²) in [5.41, 5.74) is 3.26. The van der Waals surface area contributed by atoms with Crippen molar-refractivity contribution >= 4 is 0 Å². The predicted molar refractivity (Wildman–Crippen MR) is 105 cm³/mol. The van der Waals surface area contributed by atoms with Crippen LogP contribution in [-0.2, 0) is 19.5 Å². The van der Waals surface area contributed by atoms with Crippen molar-refractivity contribution in [1.29, 1.82) is 0 Å². The summed E-state index contributed by atoms with van der Waals surface area (Å²) < 4.78 is 16.4. The molecule has 148 valence electrons. The third-order valence-electron chi connectivity index (χ3n) is 5.25. The van der Waals surface area contributed by atoms with Crippen LogP contribution < -0.4 is 19.8 Å². The van der Waals surface area contributed by atoms with Crippen molar-refractivity contribution in [2.45, 2.75) is 19.5 Å². The van der Waals surface area contributed by atoms with Crippen molar-refractivity contribution in [2.24, 2.45) is 0 Å². The molecule has 8 heteroatoms. The number of H-pyrrole nitrogens is 1. The fraction of sp³-hybridized carbons (Fsp3) is 0.286. The first-order chi connectivity index (χ1) is 14.2. The van der Waals surface area contributed by atoms with E-state index in [9.17, 15) is 4.79 Å². The summed E-state index contributed by atoms with van der Waals surface area (Å²) in [7, 11) is 1.64. The van der Waals surface area contributed by atoms with Crippen molar-refractivity contribution in [3.63, 3.8) is 0 Å². The van der Waals surface area contributed by atoms with Crippen molar-refractivity contribution in [3.05, 3.63) is 63.8 Å². The van der Waals surface area contributed by atoms with Gasteiger partial charge in [0.15, 0.2) is 11.5 Å². The average molecular weight is 392 g/mol. The highest BCUT2D eigenvalue weighted by molar-refractivity contribution is 5.54. The molecule has 0 amide bonds. The van der Waals surface area contributed by atoms with Gasteiger partial charge in [-0.2, -0.15) is 0 Å². The molecule has 0 radical (unpaired) electrons. The van der Waals surface area contributed by atoms with Gasteiger partial charge >= 0.3 is 0 Å². The molecule has 0 saturated carbocycles. The van der Waals surface area contributed by atoms with Crippen LogP contribution in [0.15, 0.2) is 41.5 Å². The number of aromatic nitrogens is 3. The highest BCUT2D eigenvalue weighted by Crippen LogP contribution is 2.38. The summed E-state index contributed by atoms with van der Waals surface area (Å²) >= 11 is 0. The first kappa shape index (κ1) is 17.7. The third kappa shape index (κ3) is 3.31. The van der Waals surface area contributed by atoms with Crippen LogP contribution in [0.3, 0.4) is 0 Å². The maximum absolute atomic E-state index is 12.7. The topological polar surface area (TPSA) is 89.6 Å². The molecule has 2 aliphatic rings. The second-order valence-corrected chi connectivity index (χ2v) is 7.06. The van der Waals surface area contributed by atoms with Gasteiger partial charge in [-0.15, -0.1) is 0 Å². The lowest BCUT2D eigenvalue weighted by atomic mass is 10.0. The maximum Gasteiger partial charge on any atom is 0.255 e. The lowest BCUT2D eigenvalue weighted by Gasteiger charge is -2.28. The Morgan fingerprint density at radius 2 is 2.14 bits per heavy atom. The summed E-state index contributed by atoms with van der Waals surface area (Å²) in [5, 5.41) is 0. The second-order valence-electron chi connectivity index (χ2n) is 7.06.